The molecule has 2 aromatic carbocycles. The molecule has 0 saturated heterocycles. The first-order valence-electron chi connectivity index (χ1n) is 6.56. The van der Waals surface area contributed by atoms with E-state index in [1.165, 1.54) is 0 Å². The van der Waals surface area contributed by atoms with Gasteiger partial charge >= 0.3 is 0 Å². The van der Waals surface area contributed by atoms with E-state index in [1.807, 2.05) is 24.3 Å². The number of benzene rings is 2. The summed E-state index contributed by atoms with van der Waals surface area (Å²) in [7, 11) is 1.63. The minimum Gasteiger partial charge on any atom is -0.497 e. The van der Waals surface area contributed by atoms with E-state index in [4.69, 9.17) is 16.3 Å². The Morgan fingerprint density at radius 2 is 1.95 bits per heavy atom. The molecule has 2 N–H and O–H groups in total. The van der Waals surface area contributed by atoms with E-state index < -0.39 is 0 Å². The van der Waals surface area contributed by atoms with Crippen LogP contribution in [0, 0.1) is 0 Å². The maximum absolute atomic E-state index is 11.8. The molecule has 110 valence electrons. The van der Waals surface area contributed by atoms with Crippen molar-refractivity contribution in [3.63, 3.8) is 0 Å². The zero-order valence-electron chi connectivity index (χ0n) is 11.7. The molecule has 0 spiro atoms. The number of halogens is 1. The fourth-order valence-corrected chi connectivity index (χ4v) is 1.97. The van der Waals surface area contributed by atoms with Crippen LogP contribution in [-0.2, 0) is 11.3 Å². The molecule has 4 nitrogen and oxygen atoms in total. The molecule has 0 unspecified atom stereocenters. The Hall–Kier alpha value is -2.04. The van der Waals surface area contributed by atoms with E-state index in [1.54, 1.807) is 31.4 Å². The smallest absolute Gasteiger partial charge is 0.238 e. The number of amides is 1. The Morgan fingerprint density at radius 3 is 2.67 bits per heavy atom. The Bertz CT molecular complexity index is 599. The molecule has 0 bridgehead atoms. The van der Waals surface area contributed by atoms with Crippen LogP contribution in [0.2, 0.25) is 5.02 Å². The molecular formula is C16H17ClN2O2. The van der Waals surface area contributed by atoms with Crippen LogP contribution >= 0.6 is 11.6 Å². The lowest BCUT2D eigenvalue weighted by Crippen LogP contribution is -2.27. The van der Waals surface area contributed by atoms with Crippen LogP contribution in [0.3, 0.4) is 0 Å². The summed E-state index contributed by atoms with van der Waals surface area (Å²) in [6.07, 6.45) is 0. The zero-order chi connectivity index (χ0) is 15.1. The third kappa shape index (κ3) is 5.10. The average molecular weight is 305 g/mol. The van der Waals surface area contributed by atoms with Gasteiger partial charge in [-0.05, 0) is 42.0 Å². The molecule has 0 aliphatic carbocycles. The van der Waals surface area contributed by atoms with Crippen molar-refractivity contribution in [2.75, 3.05) is 19.0 Å². The van der Waals surface area contributed by atoms with Gasteiger partial charge in [-0.1, -0.05) is 23.7 Å². The molecule has 0 heterocycles. The van der Waals surface area contributed by atoms with Crippen LogP contribution in [-0.4, -0.2) is 19.6 Å². The van der Waals surface area contributed by atoms with Crippen LogP contribution < -0.4 is 15.4 Å². The molecule has 0 saturated carbocycles. The normalized spacial score (nSPS) is 10.2. The summed E-state index contributed by atoms with van der Waals surface area (Å²) in [6, 6.07) is 14.7. The summed E-state index contributed by atoms with van der Waals surface area (Å²) >= 11 is 5.79. The zero-order valence-corrected chi connectivity index (χ0v) is 12.5. The first kappa shape index (κ1) is 15.4. The SMILES string of the molecule is COc1cccc(CNCC(=O)Nc2ccc(Cl)cc2)c1. The fraction of sp³-hybridized carbons (Fsp3) is 0.188. The van der Waals surface area contributed by atoms with Crippen LogP contribution in [0.25, 0.3) is 0 Å². The lowest BCUT2D eigenvalue weighted by molar-refractivity contribution is -0.115. The molecule has 0 aliphatic rings. The number of hydrogen-bond acceptors (Lipinski definition) is 3. The van der Waals surface area contributed by atoms with E-state index in [0.29, 0.717) is 11.6 Å². The first-order valence-corrected chi connectivity index (χ1v) is 6.94. The van der Waals surface area contributed by atoms with E-state index in [9.17, 15) is 4.79 Å². The van der Waals surface area contributed by atoms with Crippen molar-refractivity contribution in [3.05, 3.63) is 59.1 Å². The quantitative estimate of drug-likeness (QED) is 0.862. The largest absolute Gasteiger partial charge is 0.497 e. The highest BCUT2D eigenvalue weighted by molar-refractivity contribution is 6.30. The van der Waals surface area contributed by atoms with Crippen molar-refractivity contribution in [1.82, 2.24) is 5.32 Å². The Labute approximate surface area is 129 Å². The van der Waals surface area contributed by atoms with Gasteiger partial charge < -0.3 is 15.4 Å². The van der Waals surface area contributed by atoms with Gasteiger partial charge in [-0.25, -0.2) is 0 Å². The molecule has 2 aromatic rings. The number of rotatable bonds is 6. The highest BCUT2D eigenvalue weighted by atomic mass is 35.5. The fourth-order valence-electron chi connectivity index (χ4n) is 1.84. The molecule has 0 atom stereocenters. The lowest BCUT2D eigenvalue weighted by Gasteiger charge is -2.08. The van der Waals surface area contributed by atoms with Gasteiger partial charge in [0, 0.05) is 17.3 Å². The standard InChI is InChI=1S/C16H17ClN2O2/c1-21-15-4-2-3-12(9-15)10-18-11-16(20)19-14-7-5-13(17)6-8-14/h2-9,18H,10-11H2,1H3,(H,19,20). The van der Waals surface area contributed by atoms with Gasteiger partial charge in [-0.2, -0.15) is 0 Å². The highest BCUT2D eigenvalue weighted by Crippen LogP contribution is 2.13. The molecule has 0 aromatic heterocycles. The maximum Gasteiger partial charge on any atom is 0.238 e. The number of anilines is 1. The molecule has 5 heteroatoms. The summed E-state index contributed by atoms with van der Waals surface area (Å²) < 4.78 is 5.15. The van der Waals surface area contributed by atoms with Crippen LogP contribution in [0.4, 0.5) is 5.69 Å². The topological polar surface area (TPSA) is 50.4 Å². The summed E-state index contributed by atoms with van der Waals surface area (Å²) in [6.45, 7) is 0.838. The third-order valence-electron chi connectivity index (χ3n) is 2.88. The molecule has 0 radical (unpaired) electrons. The van der Waals surface area contributed by atoms with Gasteiger partial charge in [-0.3, -0.25) is 4.79 Å². The second-order valence-corrected chi connectivity index (χ2v) is 4.95. The predicted molar refractivity (Wildman–Crippen MR) is 84.8 cm³/mol. The molecule has 21 heavy (non-hydrogen) atoms. The maximum atomic E-state index is 11.8. The van der Waals surface area contributed by atoms with Crippen molar-refractivity contribution in [1.29, 1.82) is 0 Å². The van der Waals surface area contributed by atoms with Gasteiger partial charge in [0.1, 0.15) is 5.75 Å². The first-order chi connectivity index (χ1) is 10.2. The van der Waals surface area contributed by atoms with E-state index in [-0.39, 0.29) is 12.5 Å². The molecule has 2 rings (SSSR count). The molecule has 0 fully saturated rings. The summed E-state index contributed by atoms with van der Waals surface area (Å²) in [5.74, 6) is 0.708. The number of carbonyl (C=O) groups excluding carboxylic acids is 1. The molecular weight excluding hydrogens is 288 g/mol. The van der Waals surface area contributed by atoms with Crippen molar-refractivity contribution in [2.45, 2.75) is 6.54 Å². The summed E-state index contributed by atoms with van der Waals surface area (Å²) in [4.78, 5) is 11.8. The average Bonchev–Trinajstić information content (AvgIpc) is 2.50. The van der Waals surface area contributed by atoms with Crippen LogP contribution in [0.5, 0.6) is 5.75 Å². The van der Waals surface area contributed by atoms with Gasteiger partial charge in [0.2, 0.25) is 5.91 Å². The monoisotopic (exact) mass is 304 g/mol. The Morgan fingerprint density at radius 1 is 1.19 bits per heavy atom. The minimum atomic E-state index is -0.0970. The Kier molecular flexibility index (Phi) is 5.60. The molecule has 1 amide bonds. The van der Waals surface area contributed by atoms with Gasteiger partial charge in [0.25, 0.3) is 0 Å². The number of methoxy groups -OCH3 is 1. The summed E-state index contributed by atoms with van der Waals surface area (Å²) in [5, 5.41) is 6.53. The second kappa shape index (κ2) is 7.67. The second-order valence-electron chi connectivity index (χ2n) is 4.51. The van der Waals surface area contributed by atoms with E-state index in [2.05, 4.69) is 10.6 Å². The van der Waals surface area contributed by atoms with Crippen LogP contribution in [0.15, 0.2) is 48.5 Å². The van der Waals surface area contributed by atoms with E-state index in [0.717, 1.165) is 17.0 Å². The van der Waals surface area contributed by atoms with Crippen molar-refractivity contribution in [3.8, 4) is 5.75 Å². The third-order valence-corrected chi connectivity index (χ3v) is 3.13. The number of hydrogen-bond donors (Lipinski definition) is 2. The summed E-state index contributed by atoms with van der Waals surface area (Å²) in [5.41, 5.74) is 1.79. The van der Waals surface area contributed by atoms with E-state index >= 15 is 0 Å². The van der Waals surface area contributed by atoms with Crippen molar-refractivity contribution < 1.29 is 9.53 Å². The van der Waals surface area contributed by atoms with Gasteiger partial charge in [0.15, 0.2) is 0 Å². The number of carbonyl (C=O) groups is 1. The number of nitrogens with one attached hydrogen (secondary N) is 2. The highest BCUT2D eigenvalue weighted by Gasteiger charge is 2.02. The Balaban J connectivity index is 1.77. The van der Waals surface area contributed by atoms with Gasteiger partial charge in [0.05, 0.1) is 13.7 Å². The molecule has 0 aliphatic heterocycles. The van der Waals surface area contributed by atoms with Crippen molar-refractivity contribution in [2.24, 2.45) is 0 Å². The number of ether oxygens (including phenoxy) is 1. The minimum absolute atomic E-state index is 0.0970. The van der Waals surface area contributed by atoms with Gasteiger partial charge in [-0.15, -0.1) is 0 Å². The van der Waals surface area contributed by atoms with Crippen molar-refractivity contribution >= 4 is 23.2 Å². The predicted octanol–water partition coefficient (Wildman–Crippen LogP) is 3.08. The lowest BCUT2D eigenvalue weighted by atomic mass is 10.2. The van der Waals surface area contributed by atoms with Crippen LogP contribution in [0.1, 0.15) is 5.56 Å².